The standard InChI is InChI=1S/C16H18ClNO/c1-16(19,14-5-3-2-4-6-14)12-18-11-13-7-9-15(17)10-8-13/h2-10,18-19H,11-12H2,1H3. The summed E-state index contributed by atoms with van der Waals surface area (Å²) in [5.74, 6) is 0. The van der Waals surface area contributed by atoms with Crippen LogP contribution in [-0.2, 0) is 12.1 Å². The number of rotatable bonds is 5. The van der Waals surface area contributed by atoms with Crippen LogP contribution in [0.1, 0.15) is 18.1 Å². The zero-order valence-electron chi connectivity index (χ0n) is 10.9. The van der Waals surface area contributed by atoms with E-state index in [1.54, 1.807) is 0 Å². The van der Waals surface area contributed by atoms with Crippen molar-refractivity contribution in [3.63, 3.8) is 0 Å². The highest BCUT2D eigenvalue weighted by Crippen LogP contribution is 2.19. The van der Waals surface area contributed by atoms with Gasteiger partial charge in [0.1, 0.15) is 0 Å². The van der Waals surface area contributed by atoms with E-state index in [2.05, 4.69) is 5.32 Å². The molecule has 3 heteroatoms. The van der Waals surface area contributed by atoms with Crippen molar-refractivity contribution in [2.24, 2.45) is 0 Å². The Kier molecular flexibility index (Phi) is 4.59. The maximum Gasteiger partial charge on any atom is 0.0992 e. The molecular formula is C16H18ClNO. The van der Waals surface area contributed by atoms with Gasteiger partial charge in [0.15, 0.2) is 0 Å². The molecule has 1 atom stereocenters. The van der Waals surface area contributed by atoms with Gasteiger partial charge in [0.2, 0.25) is 0 Å². The number of hydrogen-bond acceptors (Lipinski definition) is 2. The van der Waals surface area contributed by atoms with Gasteiger partial charge in [0, 0.05) is 18.1 Å². The van der Waals surface area contributed by atoms with Crippen molar-refractivity contribution >= 4 is 11.6 Å². The van der Waals surface area contributed by atoms with Gasteiger partial charge in [0.25, 0.3) is 0 Å². The summed E-state index contributed by atoms with van der Waals surface area (Å²) < 4.78 is 0. The van der Waals surface area contributed by atoms with Crippen LogP contribution in [0.4, 0.5) is 0 Å². The third kappa shape index (κ3) is 4.06. The molecule has 2 aromatic carbocycles. The summed E-state index contributed by atoms with van der Waals surface area (Å²) in [7, 11) is 0. The first-order chi connectivity index (χ1) is 9.08. The van der Waals surface area contributed by atoms with Crippen molar-refractivity contribution in [3.05, 3.63) is 70.7 Å². The van der Waals surface area contributed by atoms with Crippen LogP contribution >= 0.6 is 11.6 Å². The molecule has 19 heavy (non-hydrogen) atoms. The van der Waals surface area contributed by atoms with Crippen molar-refractivity contribution in [1.82, 2.24) is 5.32 Å². The van der Waals surface area contributed by atoms with E-state index >= 15 is 0 Å². The molecule has 0 aliphatic heterocycles. The van der Waals surface area contributed by atoms with Crippen molar-refractivity contribution in [2.75, 3.05) is 6.54 Å². The van der Waals surface area contributed by atoms with Gasteiger partial charge >= 0.3 is 0 Å². The molecule has 2 aromatic rings. The summed E-state index contributed by atoms with van der Waals surface area (Å²) in [5.41, 5.74) is 1.19. The van der Waals surface area contributed by atoms with E-state index < -0.39 is 5.60 Å². The topological polar surface area (TPSA) is 32.3 Å². The second-order valence-electron chi connectivity index (χ2n) is 4.87. The molecule has 2 nitrogen and oxygen atoms in total. The average molecular weight is 276 g/mol. The van der Waals surface area contributed by atoms with Crippen LogP contribution in [0.2, 0.25) is 5.02 Å². The molecule has 0 spiro atoms. The summed E-state index contributed by atoms with van der Waals surface area (Å²) in [6.45, 7) is 3.02. The van der Waals surface area contributed by atoms with Gasteiger partial charge in [0.05, 0.1) is 5.60 Å². The molecule has 0 fully saturated rings. The minimum atomic E-state index is -0.867. The molecule has 2 rings (SSSR count). The van der Waals surface area contributed by atoms with Crippen LogP contribution in [0.25, 0.3) is 0 Å². The summed E-state index contributed by atoms with van der Waals surface area (Å²) >= 11 is 5.84. The molecule has 100 valence electrons. The Morgan fingerprint density at radius 1 is 1.05 bits per heavy atom. The van der Waals surface area contributed by atoms with Crippen molar-refractivity contribution in [1.29, 1.82) is 0 Å². The Balaban J connectivity index is 1.90. The smallest absolute Gasteiger partial charge is 0.0992 e. The highest BCUT2D eigenvalue weighted by molar-refractivity contribution is 6.30. The second kappa shape index (κ2) is 6.20. The number of hydrogen-bond donors (Lipinski definition) is 2. The van der Waals surface area contributed by atoms with Gasteiger partial charge in [-0.05, 0) is 30.2 Å². The lowest BCUT2D eigenvalue weighted by Crippen LogP contribution is -2.35. The van der Waals surface area contributed by atoms with E-state index in [0.29, 0.717) is 13.1 Å². The highest BCUT2D eigenvalue weighted by Gasteiger charge is 2.21. The van der Waals surface area contributed by atoms with E-state index in [1.807, 2.05) is 61.5 Å². The van der Waals surface area contributed by atoms with Gasteiger partial charge in [-0.2, -0.15) is 0 Å². The number of halogens is 1. The fourth-order valence-electron chi connectivity index (χ4n) is 1.95. The zero-order chi connectivity index (χ0) is 13.7. The quantitative estimate of drug-likeness (QED) is 0.877. The second-order valence-corrected chi connectivity index (χ2v) is 5.31. The molecule has 0 heterocycles. The van der Waals surface area contributed by atoms with Crippen LogP contribution in [0, 0.1) is 0 Å². The number of nitrogens with one attached hydrogen (secondary N) is 1. The molecule has 0 aromatic heterocycles. The van der Waals surface area contributed by atoms with Crippen molar-refractivity contribution < 1.29 is 5.11 Å². The molecule has 0 radical (unpaired) electrons. The van der Waals surface area contributed by atoms with Gasteiger partial charge in [-0.15, -0.1) is 0 Å². The monoisotopic (exact) mass is 275 g/mol. The summed E-state index contributed by atoms with van der Waals surface area (Å²) in [6.07, 6.45) is 0. The Labute approximate surface area is 119 Å². The first kappa shape index (κ1) is 14.1. The molecule has 0 aliphatic carbocycles. The molecule has 0 aliphatic rings. The Morgan fingerprint density at radius 3 is 2.32 bits per heavy atom. The molecule has 0 saturated carbocycles. The molecule has 2 N–H and O–H groups in total. The fraction of sp³-hybridized carbons (Fsp3) is 0.250. The lowest BCUT2D eigenvalue weighted by Gasteiger charge is -2.24. The Morgan fingerprint density at radius 2 is 1.68 bits per heavy atom. The maximum absolute atomic E-state index is 10.4. The maximum atomic E-state index is 10.4. The predicted octanol–water partition coefficient (Wildman–Crippen LogP) is 3.34. The van der Waals surface area contributed by atoms with Crippen molar-refractivity contribution in [3.8, 4) is 0 Å². The largest absolute Gasteiger partial charge is 0.384 e. The third-order valence-electron chi connectivity index (χ3n) is 3.11. The van der Waals surface area contributed by atoms with E-state index in [-0.39, 0.29) is 0 Å². The zero-order valence-corrected chi connectivity index (χ0v) is 11.7. The summed E-state index contributed by atoms with van der Waals surface area (Å²) in [5, 5.41) is 14.4. The van der Waals surface area contributed by atoms with Crippen LogP contribution in [-0.4, -0.2) is 11.7 Å². The highest BCUT2D eigenvalue weighted by atomic mass is 35.5. The summed E-state index contributed by atoms with van der Waals surface area (Å²) in [6, 6.07) is 17.4. The van der Waals surface area contributed by atoms with Gasteiger partial charge in [-0.3, -0.25) is 0 Å². The minimum Gasteiger partial charge on any atom is -0.384 e. The molecular weight excluding hydrogens is 258 g/mol. The van der Waals surface area contributed by atoms with Crippen LogP contribution in [0.15, 0.2) is 54.6 Å². The first-order valence-electron chi connectivity index (χ1n) is 6.31. The average Bonchev–Trinajstić information content (AvgIpc) is 2.42. The van der Waals surface area contributed by atoms with E-state index in [1.165, 1.54) is 0 Å². The normalized spacial score (nSPS) is 14.1. The van der Waals surface area contributed by atoms with E-state index in [0.717, 1.165) is 16.1 Å². The first-order valence-corrected chi connectivity index (χ1v) is 6.69. The van der Waals surface area contributed by atoms with E-state index in [9.17, 15) is 5.11 Å². The Hall–Kier alpha value is -1.35. The summed E-state index contributed by atoms with van der Waals surface area (Å²) in [4.78, 5) is 0. The van der Waals surface area contributed by atoms with Crippen LogP contribution < -0.4 is 5.32 Å². The lowest BCUT2D eigenvalue weighted by molar-refractivity contribution is 0.0567. The number of aliphatic hydroxyl groups is 1. The van der Waals surface area contributed by atoms with Gasteiger partial charge in [-0.25, -0.2) is 0 Å². The van der Waals surface area contributed by atoms with Crippen molar-refractivity contribution in [2.45, 2.75) is 19.1 Å². The minimum absolute atomic E-state index is 0.500. The fourth-order valence-corrected chi connectivity index (χ4v) is 2.08. The Bertz CT molecular complexity index is 508. The molecule has 0 saturated heterocycles. The molecule has 0 amide bonds. The lowest BCUT2D eigenvalue weighted by atomic mass is 9.96. The van der Waals surface area contributed by atoms with E-state index in [4.69, 9.17) is 11.6 Å². The van der Waals surface area contributed by atoms with Crippen LogP contribution in [0.3, 0.4) is 0 Å². The van der Waals surface area contributed by atoms with Crippen LogP contribution in [0.5, 0.6) is 0 Å². The number of benzene rings is 2. The molecule has 1 unspecified atom stereocenters. The predicted molar refractivity (Wildman–Crippen MR) is 79.2 cm³/mol. The molecule has 0 bridgehead atoms. The third-order valence-corrected chi connectivity index (χ3v) is 3.36. The van der Waals surface area contributed by atoms with Gasteiger partial charge < -0.3 is 10.4 Å². The SMILES string of the molecule is CC(O)(CNCc1ccc(Cl)cc1)c1ccccc1. The van der Waals surface area contributed by atoms with Gasteiger partial charge in [-0.1, -0.05) is 54.1 Å².